The first-order valence-corrected chi connectivity index (χ1v) is 8.22. The van der Waals surface area contributed by atoms with Crippen LogP contribution in [0.3, 0.4) is 0 Å². The van der Waals surface area contributed by atoms with Crippen LogP contribution in [-0.2, 0) is 10.0 Å². The van der Waals surface area contributed by atoms with Crippen molar-refractivity contribution < 1.29 is 8.42 Å². The van der Waals surface area contributed by atoms with E-state index in [-0.39, 0.29) is 17.3 Å². The van der Waals surface area contributed by atoms with Crippen molar-refractivity contribution in [1.29, 1.82) is 5.26 Å². The first-order valence-electron chi connectivity index (χ1n) is 6.74. The Morgan fingerprint density at radius 2 is 2.24 bits per heavy atom. The van der Waals surface area contributed by atoms with E-state index < -0.39 is 10.0 Å². The fourth-order valence-electron chi connectivity index (χ4n) is 2.42. The highest BCUT2D eigenvalue weighted by molar-refractivity contribution is 7.89. The van der Waals surface area contributed by atoms with Crippen LogP contribution in [-0.4, -0.2) is 28.1 Å². The summed E-state index contributed by atoms with van der Waals surface area (Å²) < 4.78 is 27.2. The molecule has 1 saturated heterocycles. The summed E-state index contributed by atoms with van der Waals surface area (Å²) in [5.41, 5.74) is 1.07. The largest absolute Gasteiger partial charge is 0.316 e. The molecule has 2 N–H and O–H groups in total. The van der Waals surface area contributed by atoms with E-state index in [4.69, 9.17) is 5.26 Å². The summed E-state index contributed by atoms with van der Waals surface area (Å²) in [6.07, 6.45) is 2.13. The van der Waals surface area contributed by atoms with Crippen molar-refractivity contribution in [1.82, 2.24) is 10.0 Å². The minimum atomic E-state index is -3.50. The zero-order chi connectivity index (χ0) is 14.6. The number of hydrogen-bond donors (Lipinski definition) is 2. The molecule has 1 aliphatic rings. The molecule has 0 saturated carbocycles. The molecule has 1 unspecified atom stereocenters. The van der Waals surface area contributed by atoms with Crippen LogP contribution in [0.5, 0.6) is 0 Å². The van der Waals surface area contributed by atoms with Gasteiger partial charge in [0.15, 0.2) is 0 Å². The number of piperidine rings is 1. The zero-order valence-corrected chi connectivity index (χ0v) is 13.6. The zero-order valence-electron chi connectivity index (χ0n) is 11.9. The lowest BCUT2D eigenvalue weighted by atomic mass is 10.0. The van der Waals surface area contributed by atoms with Crippen molar-refractivity contribution in [3.05, 3.63) is 29.3 Å². The summed E-state index contributed by atoms with van der Waals surface area (Å²) in [5, 5.41) is 12.1. The molecule has 21 heavy (non-hydrogen) atoms. The number of rotatable bonds is 4. The third-order valence-electron chi connectivity index (χ3n) is 3.55. The summed E-state index contributed by atoms with van der Waals surface area (Å²) in [4.78, 5) is 0.250. The number of benzene rings is 1. The molecular weight excluding hydrogens is 310 g/mol. The lowest BCUT2D eigenvalue weighted by Crippen LogP contribution is -2.38. The van der Waals surface area contributed by atoms with Crippen LogP contribution in [0.25, 0.3) is 0 Å². The van der Waals surface area contributed by atoms with Crippen LogP contribution in [0.15, 0.2) is 23.1 Å². The standard InChI is InChI=1S/C14H19N3O2S.ClH/c1-11-7-12(8-15)4-5-14(11)20(18,19)17-10-13-3-2-6-16-9-13;/h4-5,7,13,16-17H,2-3,6,9-10H2,1H3;1H. The lowest BCUT2D eigenvalue weighted by molar-refractivity contribution is 0.376. The van der Waals surface area contributed by atoms with Crippen LogP contribution >= 0.6 is 12.4 Å². The number of nitriles is 1. The topological polar surface area (TPSA) is 82.0 Å². The molecule has 0 amide bonds. The van der Waals surface area contributed by atoms with Gasteiger partial charge < -0.3 is 5.32 Å². The van der Waals surface area contributed by atoms with Gasteiger partial charge >= 0.3 is 0 Å². The average molecular weight is 330 g/mol. The molecule has 0 bridgehead atoms. The van der Waals surface area contributed by atoms with Gasteiger partial charge in [-0.15, -0.1) is 12.4 Å². The summed E-state index contributed by atoms with van der Waals surface area (Å²) in [7, 11) is -3.50. The van der Waals surface area contributed by atoms with Crippen LogP contribution < -0.4 is 10.0 Å². The maximum atomic E-state index is 12.3. The van der Waals surface area contributed by atoms with Crippen molar-refractivity contribution in [2.24, 2.45) is 5.92 Å². The summed E-state index contributed by atoms with van der Waals surface area (Å²) >= 11 is 0. The quantitative estimate of drug-likeness (QED) is 0.878. The number of nitrogens with one attached hydrogen (secondary N) is 2. The van der Waals surface area contributed by atoms with E-state index in [1.165, 1.54) is 12.1 Å². The fourth-order valence-corrected chi connectivity index (χ4v) is 3.76. The van der Waals surface area contributed by atoms with E-state index in [9.17, 15) is 8.42 Å². The van der Waals surface area contributed by atoms with Crippen molar-refractivity contribution >= 4 is 22.4 Å². The Morgan fingerprint density at radius 3 is 2.81 bits per heavy atom. The Labute approximate surface area is 132 Å². The highest BCUT2D eigenvalue weighted by Crippen LogP contribution is 2.17. The van der Waals surface area contributed by atoms with E-state index in [0.717, 1.165) is 25.9 Å². The predicted molar refractivity (Wildman–Crippen MR) is 83.9 cm³/mol. The van der Waals surface area contributed by atoms with Gasteiger partial charge in [0.2, 0.25) is 10.0 Å². The summed E-state index contributed by atoms with van der Waals surface area (Å²) in [6, 6.07) is 6.63. The van der Waals surface area contributed by atoms with Gasteiger partial charge in [0.25, 0.3) is 0 Å². The molecule has 0 spiro atoms. The minimum Gasteiger partial charge on any atom is -0.316 e. The Kier molecular flexibility index (Phi) is 6.62. The molecule has 116 valence electrons. The molecule has 1 fully saturated rings. The third kappa shape index (κ3) is 4.68. The van der Waals surface area contributed by atoms with Gasteiger partial charge in [0, 0.05) is 6.54 Å². The second kappa shape index (κ2) is 7.76. The van der Waals surface area contributed by atoms with Gasteiger partial charge in [0.1, 0.15) is 0 Å². The Bertz CT molecular complexity index is 620. The van der Waals surface area contributed by atoms with E-state index in [1.54, 1.807) is 13.0 Å². The van der Waals surface area contributed by atoms with Crippen molar-refractivity contribution in [2.45, 2.75) is 24.7 Å². The summed E-state index contributed by atoms with van der Waals surface area (Å²) in [5.74, 6) is 0.345. The van der Waals surface area contributed by atoms with Gasteiger partial charge in [0.05, 0.1) is 16.5 Å². The third-order valence-corrected chi connectivity index (χ3v) is 5.14. The fraction of sp³-hybridized carbons (Fsp3) is 0.500. The first kappa shape index (κ1) is 17.9. The molecule has 1 aromatic carbocycles. The highest BCUT2D eigenvalue weighted by Gasteiger charge is 2.20. The second-order valence-corrected chi connectivity index (χ2v) is 6.89. The number of nitrogens with zero attached hydrogens (tertiary/aromatic N) is 1. The molecule has 7 heteroatoms. The van der Waals surface area contributed by atoms with Crippen LogP contribution in [0.2, 0.25) is 0 Å². The summed E-state index contributed by atoms with van der Waals surface area (Å²) in [6.45, 7) is 4.03. The first-order chi connectivity index (χ1) is 9.53. The number of hydrogen-bond acceptors (Lipinski definition) is 4. The van der Waals surface area contributed by atoms with E-state index in [2.05, 4.69) is 10.0 Å². The highest BCUT2D eigenvalue weighted by atomic mass is 35.5. The normalized spacial score (nSPS) is 18.6. The minimum absolute atomic E-state index is 0. The molecule has 1 aliphatic heterocycles. The van der Waals surface area contributed by atoms with Gasteiger partial charge in [-0.1, -0.05) is 0 Å². The molecular formula is C14H20ClN3O2S. The van der Waals surface area contributed by atoms with E-state index in [1.807, 2.05) is 6.07 Å². The van der Waals surface area contributed by atoms with Gasteiger partial charge in [-0.3, -0.25) is 0 Å². The predicted octanol–water partition coefficient (Wildman–Crippen LogP) is 1.57. The molecule has 1 aromatic rings. The molecule has 1 heterocycles. The van der Waals surface area contributed by atoms with Crippen LogP contribution in [0.1, 0.15) is 24.0 Å². The molecule has 0 aliphatic carbocycles. The van der Waals surface area contributed by atoms with Crippen molar-refractivity contribution in [3.63, 3.8) is 0 Å². The van der Waals surface area contributed by atoms with Gasteiger partial charge in [-0.25, -0.2) is 13.1 Å². The van der Waals surface area contributed by atoms with E-state index >= 15 is 0 Å². The monoisotopic (exact) mass is 329 g/mol. The number of halogens is 1. The molecule has 1 atom stereocenters. The SMILES string of the molecule is Cc1cc(C#N)ccc1S(=O)(=O)NCC1CCCNC1.Cl. The Balaban J connectivity index is 0.00000220. The van der Waals surface area contributed by atoms with Gasteiger partial charge in [-0.2, -0.15) is 5.26 Å². The Morgan fingerprint density at radius 1 is 1.48 bits per heavy atom. The van der Waals surface area contributed by atoms with Crippen molar-refractivity contribution in [2.75, 3.05) is 19.6 Å². The van der Waals surface area contributed by atoms with E-state index in [0.29, 0.717) is 23.6 Å². The molecule has 5 nitrogen and oxygen atoms in total. The number of aryl methyl sites for hydroxylation is 1. The molecule has 0 radical (unpaired) electrons. The Hall–Kier alpha value is -1.13. The maximum Gasteiger partial charge on any atom is 0.240 e. The second-order valence-electron chi connectivity index (χ2n) is 5.16. The van der Waals surface area contributed by atoms with Crippen LogP contribution in [0, 0.1) is 24.2 Å². The van der Waals surface area contributed by atoms with Crippen molar-refractivity contribution in [3.8, 4) is 6.07 Å². The lowest BCUT2D eigenvalue weighted by Gasteiger charge is -2.23. The average Bonchev–Trinajstić information content (AvgIpc) is 2.46. The maximum absolute atomic E-state index is 12.3. The smallest absolute Gasteiger partial charge is 0.240 e. The molecule has 0 aromatic heterocycles. The molecule has 2 rings (SSSR count). The number of sulfonamides is 1. The van der Waals surface area contributed by atoms with Gasteiger partial charge in [-0.05, 0) is 62.5 Å². The van der Waals surface area contributed by atoms with Crippen LogP contribution in [0.4, 0.5) is 0 Å².